The smallest absolute Gasteiger partial charge is 0.0297 e. The third-order valence-corrected chi connectivity index (χ3v) is 3.20. The molecular weight excluding hydrogens is 170 g/mol. The predicted molar refractivity (Wildman–Crippen MR) is 60.4 cm³/mol. The van der Waals surface area contributed by atoms with E-state index in [1.54, 1.807) is 0 Å². The second-order valence-corrected chi connectivity index (χ2v) is 4.61. The van der Waals surface area contributed by atoms with Crippen LogP contribution in [0.25, 0.3) is 0 Å². The molecule has 0 heterocycles. The van der Waals surface area contributed by atoms with Crippen LogP contribution in [0.2, 0.25) is 0 Å². The standard InChI is InChI=1S/C13H19N/c1-9(2)11-7-6-10-4-3-5-13(14)12(10)8-11/h6-9,13H,3-5,14H2,1-2H3/t13-/m0/s1. The Hall–Kier alpha value is -0.820. The van der Waals surface area contributed by atoms with Crippen molar-refractivity contribution >= 4 is 0 Å². The van der Waals surface area contributed by atoms with Gasteiger partial charge < -0.3 is 5.73 Å². The largest absolute Gasteiger partial charge is 0.324 e. The number of benzene rings is 1. The summed E-state index contributed by atoms with van der Waals surface area (Å²) in [5.74, 6) is 0.606. The van der Waals surface area contributed by atoms with E-state index < -0.39 is 0 Å². The first-order valence-electron chi connectivity index (χ1n) is 5.57. The third kappa shape index (κ3) is 1.69. The number of fused-ring (bicyclic) bond motifs is 1. The van der Waals surface area contributed by atoms with Crippen LogP contribution in [0.5, 0.6) is 0 Å². The highest BCUT2D eigenvalue weighted by Crippen LogP contribution is 2.30. The topological polar surface area (TPSA) is 26.0 Å². The Balaban J connectivity index is 2.41. The zero-order valence-electron chi connectivity index (χ0n) is 9.09. The minimum absolute atomic E-state index is 0.275. The molecule has 1 aromatic rings. The van der Waals surface area contributed by atoms with E-state index in [-0.39, 0.29) is 6.04 Å². The molecule has 0 fully saturated rings. The highest BCUT2D eigenvalue weighted by atomic mass is 14.6. The molecule has 14 heavy (non-hydrogen) atoms. The summed E-state index contributed by atoms with van der Waals surface area (Å²) in [4.78, 5) is 0. The molecule has 0 aliphatic heterocycles. The fourth-order valence-corrected chi connectivity index (χ4v) is 2.21. The first kappa shape index (κ1) is 9.72. The summed E-state index contributed by atoms with van der Waals surface area (Å²) in [6.45, 7) is 4.46. The third-order valence-electron chi connectivity index (χ3n) is 3.20. The summed E-state index contributed by atoms with van der Waals surface area (Å²) in [6.07, 6.45) is 3.60. The van der Waals surface area contributed by atoms with Crippen LogP contribution in [0.1, 0.15) is 55.3 Å². The lowest BCUT2D eigenvalue weighted by molar-refractivity contribution is 0.569. The van der Waals surface area contributed by atoms with Crippen LogP contribution in [-0.2, 0) is 6.42 Å². The van der Waals surface area contributed by atoms with E-state index in [2.05, 4.69) is 32.0 Å². The van der Waals surface area contributed by atoms with Crippen LogP contribution >= 0.6 is 0 Å². The highest BCUT2D eigenvalue weighted by Gasteiger charge is 2.17. The molecule has 0 bridgehead atoms. The van der Waals surface area contributed by atoms with Gasteiger partial charge in [-0.3, -0.25) is 0 Å². The summed E-state index contributed by atoms with van der Waals surface area (Å²) in [5.41, 5.74) is 10.4. The van der Waals surface area contributed by atoms with Crippen molar-refractivity contribution < 1.29 is 0 Å². The zero-order valence-corrected chi connectivity index (χ0v) is 9.09. The van der Waals surface area contributed by atoms with Crippen LogP contribution in [-0.4, -0.2) is 0 Å². The molecule has 1 atom stereocenters. The van der Waals surface area contributed by atoms with Crippen molar-refractivity contribution in [3.05, 3.63) is 34.9 Å². The van der Waals surface area contributed by atoms with Crippen LogP contribution in [0.15, 0.2) is 18.2 Å². The molecule has 1 aliphatic rings. The predicted octanol–water partition coefficient (Wildman–Crippen LogP) is 3.15. The quantitative estimate of drug-likeness (QED) is 0.721. The minimum Gasteiger partial charge on any atom is -0.324 e. The lowest BCUT2D eigenvalue weighted by Crippen LogP contribution is -2.17. The van der Waals surface area contributed by atoms with E-state index in [4.69, 9.17) is 5.73 Å². The Morgan fingerprint density at radius 1 is 1.36 bits per heavy atom. The van der Waals surface area contributed by atoms with Crippen molar-refractivity contribution in [3.63, 3.8) is 0 Å². The summed E-state index contributed by atoms with van der Waals surface area (Å²) in [6, 6.07) is 7.10. The van der Waals surface area contributed by atoms with Crippen molar-refractivity contribution in [2.75, 3.05) is 0 Å². The molecule has 1 nitrogen and oxygen atoms in total. The maximum atomic E-state index is 6.12. The number of aryl methyl sites for hydroxylation is 1. The molecule has 1 aliphatic carbocycles. The molecule has 76 valence electrons. The summed E-state index contributed by atoms with van der Waals surface area (Å²) < 4.78 is 0. The highest BCUT2D eigenvalue weighted by molar-refractivity contribution is 5.37. The number of nitrogens with two attached hydrogens (primary N) is 1. The van der Waals surface area contributed by atoms with E-state index >= 15 is 0 Å². The Bertz CT molecular complexity index is 328. The normalized spacial score (nSPS) is 21.0. The fraction of sp³-hybridized carbons (Fsp3) is 0.538. The van der Waals surface area contributed by atoms with Crippen molar-refractivity contribution in [3.8, 4) is 0 Å². The Morgan fingerprint density at radius 2 is 2.14 bits per heavy atom. The van der Waals surface area contributed by atoms with Crippen molar-refractivity contribution in [2.24, 2.45) is 5.73 Å². The molecule has 2 rings (SSSR count). The maximum absolute atomic E-state index is 6.12. The molecule has 1 aromatic carbocycles. The van der Waals surface area contributed by atoms with E-state index in [0.717, 1.165) is 6.42 Å². The van der Waals surface area contributed by atoms with Gasteiger partial charge in [-0.15, -0.1) is 0 Å². The van der Waals surface area contributed by atoms with Crippen LogP contribution in [0, 0.1) is 0 Å². The summed E-state index contributed by atoms with van der Waals surface area (Å²) in [5, 5.41) is 0. The van der Waals surface area contributed by atoms with Gasteiger partial charge in [0.05, 0.1) is 0 Å². The fourth-order valence-electron chi connectivity index (χ4n) is 2.21. The van der Waals surface area contributed by atoms with Gasteiger partial charge in [0.25, 0.3) is 0 Å². The Morgan fingerprint density at radius 3 is 2.86 bits per heavy atom. The monoisotopic (exact) mass is 189 g/mol. The van der Waals surface area contributed by atoms with Gasteiger partial charge in [-0.1, -0.05) is 32.0 Å². The van der Waals surface area contributed by atoms with Gasteiger partial charge >= 0.3 is 0 Å². The molecule has 1 heteroatoms. The van der Waals surface area contributed by atoms with Crippen molar-refractivity contribution in [2.45, 2.75) is 45.1 Å². The Labute approximate surface area is 86.3 Å². The van der Waals surface area contributed by atoms with Crippen molar-refractivity contribution in [1.29, 1.82) is 0 Å². The lowest BCUT2D eigenvalue weighted by atomic mass is 9.85. The van der Waals surface area contributed by atoms with Crippen molar-refractivity contribution in [1.82, 2.24) is 0 Å². The van der Waals surface area contributed by atoms with Crippen LogP contribution < -0.4 is 5.73 Å². The van der Waals surface area contributed by atoms with Gasteiger partial charge in [-0.2, -0.15) is 0 Å². The summed E-state index contributed by atoms with van der Waals surface area (Å²) in [7, 11) is 0. The lowest BCUT2D eigenvalue weighted by Gasteiger charge is -2.23. The van der Waals surface area contributed by atoms with Gasteiger partial charge in [0.15, 0.2) is 0 Å². The molecule has 0 radical (unpaired) electrons. The first-order valence-corrected chi connectivity index (χ1v) is 5.57. The van der Waals surface area contributed by atoms with E-state index in [1.807, 2.05) is 0 Å². The Kier molecular flexibility index (Phi) is 2.60. The maximum Gasteiger partial charge on any atom is 0.0297 e. The first-order chi connectivity index (χ1) is 6.68. The second-order valence-electron chi connectivity index (χ2n) is 4.61. The molecule has 0 aromatic heterocycles. The summed E-state index contributed by atoms with van der Waals surface area (Å²) >= 11 is 0. The molecule has 0 saturated carbocycles. The van der Waals surface area contributed by atoms with Gasteiger partial charge in [-0.05, 0) is 41.9 Å². The zero-order chi connectivity index (χ0) is 10.1. The average Bonchev–Trinajstić information content (AvgIpc) is 2.18. The SMILES string of the molecule is CC(C)c1ccc2c(c1)[C@@H](N)CCC2. The molecular formula is C13H19N. The second kappa shape index (κ2) is 3.74. The van der Waals surface area contributed by atoms with E-state index in [1.165, 1.54) is 29.5 Å². The van der Waals surface area contributed by atoms with Crippen LogP contribution in [0.3, 0.4) is 0 Å². The number of hydrogen-bond acceptors (Lipinski definition) is 1. The van der Waals surface area contributed by atoms with E-state index in [0.29, 0.717) is 5.92 Å². The van der Waals surface area contributed by atoms with Gasteiger partial charge in [0.1, 0.15) is 0 Å². The molecule has 0 amide bonds. The molecule has 2 N–H and O–H groups in total. The van der Waals surface area contributed by atoms with Gasteiger partial charge in [-0.25, -0.2) is 0 Å². The molecule has 0 unspecified atom stereocenters. The minimum atomic E-state index is 0.275. The number of rotatable bonds is 1. The average molecular weight is 189 g/mol. The van der Waals surface area contributed by atoms with Gasteiger partial charge in [0, 0.05) is 6.04 Å². The van der Waals surface area contributed by atoms with E-state index in [9.17, 15) is 0 Å². The molecule has 0 spiro atoms. The molecule has 0 saturated heterocycles. The van der Waals surface area contributed by atoms with Gasteiger partial charge in [0.2, 0.25) is 0 Å². The number of hydrogen-bond donors (Lipinski definition) is 1. The van der Waals surface area contributed by atoms with Crippen LogP contribution in [0.4, 0.5) is 0 Å².